The average molecular weight is 462 g/mol. The number of carbonyl (C=O) groups is 1. The van der Waals surface area contributed by atoms with E-state index in [1.807, 2.05) is 59.9 Å². The molecule has 0 radical (unpaired) electrons. The van der Waals surface area contributed by atoms with E-state index in [0.29, 0.717) is 22.9 Å². The molecule has 0 unspecified atom stereocenters. The van der Waals surface area contributed by atoms with E-state index in [9.17, 15) is 9.59 Å². The molecule has 0 aliphatic heterocycles. The molecule has 7 nitrogen and oxygen atoms in total. The molecule has 1 fully saturated rings. The summed E-state index contributed by atoms with van der Waals surface area (Å²) >= 11 is 1.35. The van der Waals surface area contributed by atoms with Crippen molar-refractivity contribution in [2.24, 2.45) is 0 Å². The Labute approximate surface area is 196 Å². The van der Waals surface area contributed by atoms with Crippen LogP contribution in [0.4, 0.5) is 0 Å². The molecule has 2 heterocycles. The first-order valence-electron chi connectivity index (χ1n) is 11.4. The number of hydrogen-bond donors (Lipinski definition) is 1. The molecule has 4 aromatic rings. The second-order valence-electron chi connectivity index (χ2n) is 8.70. The van der Waals surface area contributed by atoms with Gasteiger partial charge in [0.05, 0.1) is 23.2 Å². The molecule has 8 heteroatoms. The minimum Gasteiger partial charge on any atom is -0.353 e. The molecule has 0 atom stereocenters. The van der Waals surface area contributed by atoms with Crippen LogP contribution in [0, 0.1) is 6.92 Å². The Morgan fingerprint density at radius 2 is 1.82 bits per heavy atom. The van der Waals surface area contributed by atoms with Crippen LogP contribution in [-0.2, 0) is 11.3 Å². The van der Waals surface area contributed by atoms with Crippen molar-refractivity contribution in [2.45, 2.75) is 56.8 Å². The number of hydrogen-bond acceptors (Lipinski definition) is 5. The number of thioether (sulfide) groups is 1. The van der Waals surface area contributed by atoms with E-state index in [0.717, 1.165) is 23.9 Å². The summed E-state index contributed by atoms with van der Waals surface area (Å²) in [7, 11) is 0. The van der Waals surface area contributed by atoms with Crippen LogP contribution in [0.1, 0.15) is 43.2 Å². The maximum absolute atomic E-state index is 13.3. The standard InChI is InChI=1S/C25H27N5O2S/c1-17-11-13-18(14-12-17)15-29-23(32)20-9-5-6-10-21(20)30-24(29)27-28-25(30)33-16-22(31)26-19-7-3-2-4-8-19/h5-6,9-14,19H,2-4,7-8,15-16H2,1H3,(H,26,31). The molecule has 33 heavy (non-hydrogen) atoms. The molecule has 2 aromatic heterocycles. The maximum atomic E-state index is 13.3. The van der Waals surface area contributed by atoms with E-state index in [2.05, 4.69) is 15.5 Å². The smallest absolute Gasteiger partial charge is 0.263 e. The normalized spacial score (nSPS) is 14.7. The largest absolute Gasteiger partial charge is 0.353 e. The fraction of sp³-hybridized carbons (Fsp3) is 0.360. The minimum atomic E-state index is -0.0994. The molecule has 1 aliphatic carbocycles. The number of rotatable bonds is 6. The van der Waals surface area contributed by atoms with E-state index in [1.54, 1.807) is 4.57 Å². The summed E-state index contributed by atoms with van der Waals surface area (Å²) in [5, 5.41) is 13.1. The first-order chi connectivity index (χ1) is 16.1. The van der Waals surface area contributed by atoms with Crippen LogP contribution in [0.15, 0.2) is 58.5 Å². The summed E-state index contributed by atoms with van der Waals surface area (Å²) in [5.41, 5.74) is 2.84. The van der Waals surface area contributed by atoms with E-state index in [1.165, 1.54) is 36.6 Å². The Balaban J connectivity index is 1.47. The number of benzene rings is 2. The van der Waals surface area contributed by atoms with Crippen LogP contribution in [0.2, 0.25) is 0 Å². The second-order valence-corrected chi connectivity index (χ2v) is 9.65. The van der Waals surface area contributed by atoms with Crippen molar-refractivity contribution >= 4 is 34.3 Å². The number of aromatic nitrogens is 4. The summed E-state index contributed by atoms with van der Waals surface area (Å²) in [4.78, 5) is 25.9. The number of nitrogens with zero attached hydrogens (tertiary/aromatic N) is 4. The van der Waals surface area contributed by atoms with Crippen LogP contribution in [0.25, 0.3) is 16.7 Å². The van der Waals surface area contributed by atoms with E-state index in [-0.39, 0.29) is 23.3 Å². The fourth-order valence-corrected chi connectivity index (χ4v) is 5.24. The first kappa shape index (κ1) is 21.7. The molecule has 1 amide bonds. The summed E-state index contributed by atoms with van der Waals surface area (Å²) < 4.78 is 3.55. The molecule has 1 N–H and O–H groups in total. The number of carbonyl (C=O) groups excluding carboxylic acids is 1. The van der Waals surface area contributed by atoms with Gasteiger partial charge in [-0.15, -0.1) is 10.2 Å². The number of para-hydroxylation sites is 1. The van der Waals surface area contributed by atoms with Crippen molar-refractivity contribution in [3.63, 3.8) is 0 Å². The third kappa shape index (κ3) is 4.53. The topological polar surface area (TPSA) is 81.3 Å². The van der Waals surface area contributed by atoms with Gasteiger partial charge in [-0.05, 0) is 37.5 Å². The SMILES string of the molecule is Cc1ccc(Cn2c(=O)c3ccccc3n3c(SCC(=O)NC4CCCCC4)nnc23)cc1. The molecule has 0 bridgehead atoms. The van der Waals surface area contributed by atoms with Gasteiger partial charge in [-0.2, -0.15) is 0 Å². The third-order valence-electron chi connectivity index (χ3n) is 6.24. The van der Waals surface area contributed by atoms with Gasteiger partial charge >= 0.3 is 0 Å². The van der Waals surface area contributed by atoms with Gasteiger partial charge < -0.3 is 5.32 Å². The minimum absolute atomic E-state index is 0.0148. The van der Waals surface area contributed by atoms with Crippen LogP contribution in [-0.4, -0.2) is 36.9 Å². The number of aryl methyl sites for hydroxylation is 1. The van der Waals surface area contributed by atoms with Gasteiger partial charge in [-0.3, -0.25) is 18.6 Å². The van der Waals surface area contributed by atoms with Crippen LogP contribution < -0.4 is 10.9 Å². The van der Waals surface area contributed by atoms with Crippen molar-refractivity contribution in [2.75, 3.05) is 5.75 Å². The average Bonchev–Trinajstić information content (AvgIpc) is 3.26. The number of amides is 1. The van der Waals surface area contributed by atoms with Crippen LogP contribution in [0.5, 0.6) is 0 Å². The Bertz CT molecular complexity index is 1350. The van der Waals surface area contributed by atoms with Crippen molar-refractivity contribution in [1.82, 2.24) is 24.5 Å². The Kier molecular flexibility index (Phi) is 6.17. The van der Waals surface area contributed by atoms with Crippen molar-refractivity contribution in [3.8, 4) is 0 Å². The molecule has 2 aromatic carbocycles. The van der Waals surface area contributed by atoms with Crippen molar-refractivity contribution in [3.05, 3.63) is 70.0 Å². The van der Waals surface area contributed by atoms with Gasteiger partial charge in [0.15, 0.2) is 5.16 Å². The van der Waals surface area contributed by atoms with E-state index < -0.39 is 0 Å². The zero-order valence-corrected chi connectivity index (χ0v) is 19.5. The monoisotopic (exact) mass is 461 g/mol. The third-order valence-corrected chi connectivity index (χ3v) is 7.17. The zero-order valence-electron chi connectivity index (χ0n) is 18.7. The van der Waals surface area contributed by atoms with Gasteiger partial charge in [-0.1, -0.05) is 73.0 Å². The van der Waals surface area contributed by atoms with Gasteiger partial charge in [0.1, 0.15) is 0 Å². The summed E-state index contributed by atoms with van der Waals surface area (Å²) in [6.07, 6.45) is 5.72. The lowest BCUT2D eigenvalue weighted by Gasteiger charge is -2.22. The highest BCUT2D eigenvalue weighted by molar-refractivity contribution is 7.99. The van der Waals surface area contributed by atoms with Gasteiger partial charge in [0.25, 0.3) is 5.56 Å². The van der Waals surface area contributed by atoms with Gasteiger partial charge in [0, 0.05) is 6.04 Å². The molecule has 5 rings (SSSR count). The second kappa shape index (κ2) is 9.39. The Morgan fingerprint density at radius 3 is 2.61 bits per heavy atom. The molecule has 0 spiro atoms. The number of nitrogens with one attached hydrogen (secondary N) is 1. The molecular formula is C25H27N5O2S. The highest BCUT2D eigenvalue weighted by Crippen LogP contribution is 2.23. The Morgan fingerprint density at radius 1 is 1.06 bits per heavy atom. The molecule has 1 aliphatic rings. The first-order valence-corrected chi connectivity index (χ1v) is 12.4. The van der Waals surface area contributed by atoms with Gasteiger partial charge in [0.2, 0.25) is 11.7 Å². The van der Waals surface area contributed by atoms with E-state index in [4.69, 9.17) is 0 Å². The zero-order chi connectivity index (χ0) is 22.8. The molecule has 170 valence electrons. The molecular weight excluding hydrogens is 434 g/mol. The lowest BCUT2D eigenvalue weighted by molar-refractivity contribution is -0.119. The van der Waals surface area contributed by atoms with Crippen molar-refractivity contribution < 1.29 is 4.79 Å². The number of fused-ring (bicyclic) bond motifs is 3. The van der Waals surface area contributed by atoms with E-state index >= 15 is 0 Å². The summed E-state index contributed by atoms with van der Waals surface area (Å²) in [6.45, 7) is 2.44. The molecule has 1 saturated carbocycles. The fourth-order valence-electron chi connectivity index (χ4n) is 4.49. The summed E-state index contributed by atoms with van der Waals surface area (Å²) in [6, 6.07) is 15.9. The molecule has 0 saturated heterocycles. The van der Waals surface area contributed by atoms with Gasteiger partial charge in [-0.25, -0.2) is 0 Å². The highest BCUT2D eigenvalue weighted by Gasteiger charge is 2.19. The predicted molar refractivity (Wildman–Crippen MR) is 131 cm³/mol. The van der Waals surface area contributed by atoms with Crippen molar-refractivity contribution in [1.29, 1.82) is 0 Å². The maximum Gasteiger partial charge on any atom is 0.263 e. The van der Waals surface area contributed by atoms with Crippen LogP contribution in [0.3, 0.4) is 0 Å². The lowest BCUT2D eigenvalue weighted by Crippen LogP contribution is -2.37. The highest BCUT2D eigenvalue weighted by atomic mass is 32.2. The quantitative estimate of drug-likeness (QED) is 0.440. The predicted octanol–water partition coefficient (Wildman–Crippen LogP) is 3.94. The summed E-state index contributed by atoms with van der Waals surface area (Å²) in [5.74, 6) is 0.762. The van der Waals surface area contributed by atoms with Crippen LogP contribution >= 0.6 is 11.8 Å². The Hall–Kier alpha value is -3.13. The lowest BCUT2D eigenvalue weighted by atomic mass is 9.95.